The monoisotopic (exact) mass is 316 g/mol. The predicted octanol–water partition coefficient (Wildman–Crippen LogP) is 2.00. The van der Waals surface area contributed by atoms with Crippen molar-refractivity contribution >= 4 is 23.1 Å². The largest absolute Gasteiger partial charge is 0.397 e. The molecule has 1 aromatic rings. The minimum absolute atomic E-state index is 0.112. The van der Waals surface area contributed by atoms with Gasteiger partial charge >= 0.3 is 0 Å². The summed E-state index contributed by atoms with van der Waals surface area (Å²) >= 11 is 5.72. The molecule has 1 unspecified atom stereocenters. The highest BCUT2D eigenvalue weighted by molar-refractivity contribution is 6.33. The van der Waals surface area contributed by atoms with Gasteiger partial charge in [-0.05, 0) is 13.8 Å². The molecule has 0 spiro atoms. The number of ether oxygens (including phenoxy) is 1. The van der Waals surface area contributed by atoms with Crippen molar-refractivity contribution in [2.24, 2.45) is 0 Å². The Morgan fingerprint density at radius 3 is 2.86 bits per heavy atom. The first-order chi connectivity index (χ1) is 9.92. The SMILES string of the molecule is COC(C)CN1CCN(c2cc(N)c(Cl)c(F)n2)[C@@H](C)C1. The van der Waals surface area contributed by atoms with Crippen LogP contribution in [0.4, 0.5) is 15.9 Å². The number of rotatable bonds is 4. The summed E-state index contributed by atoms with van der Waals surface area (Å²) in [6, 6.07) is 1.85. The number of hydrogen-bond acceptors (Lipinski definition) is 5. The van der Waals surface area contributed by atoms with Gasteiger partial charge in [0.2, 0.25) is 5.95 Å². The fourth-order valence-electron chi connectivity index (χ4n) is 2.63. The summed E-state index contributed by atoms with van der Waals surface area (Å²) in [7, 11) is 1.72. The summed E-state index contributed by atoms with van der Waals surface area (Å²) in [5.74, 6) is -0.171. The first kappa shape index (κ1) is 16.3. The number of aromatic nitrogens is 1. The van der Waals surface area contributed by atoms with E-state index in [0.29, 0.717) is 5.82 Å². The second kappa shape index (κ2) is 6.77. The molecule has 1 aromatic heterocycles. The number of piperazine rings is 1. The Morgan fingerprint density at radius 1 is 1.57 bits per heavy atom. The molecule has 7 heteroatoms. The number of halogens is 2. The Bertz CT molecular complexity index is 479. The van der Waals surface area contributed by atoms with Crippen LogP contribution >= 0.6 is 11.6 Å². The van der Waals surface area contributed by atoms with Crippen LogP contribution in [0.15, 0.2) is 6.07 Å². The number of nitrogens with two attached hydrogens (primary N) is 1. The molecule has 0 aliphatic carbocycles. The number of nitrogen functional groups attached to an aromatic ring is 1. The molecule has 1 aliphatic heterocycles. The Morgan fingerprint density at radius 2 is 2.29 bits per heavy atom. The highest BCUT2D eigenvalue weighted by Crippen LogP contribution is 2.27. The molecule has 1 aliphatic rings. The Balaban J connectivity index is 2.07. The standard InChI is InChI=1S/C14H22ClFN4O/c1-9-7-19(8-10(2)21-3)4-5-20(9)12-6-11(17)13(15)14(16)18-12/h6,9-10H,4-5,7-8H2,1-3H3,(H2,17,18)/t9-,10?/m0/s1. The number of hydrogen-bond donors (Lipinski definition) is 1. The smallest absolute Gasteiger partial charge is 0.235 e. The van der Waals surface area contributed by atoms with E-state index in [2.05, 4.69) is 21.7 Å². The quantitative estimate of drug-likeness (QED) is 0.861. The zero-order valence-electron chi connectivity index (χ0n) is 12.6. The molecular formula is C14H22ClFN4O. The normalized spacial score (nSPS) is 21.6. The Hall–Kier alpha value is -1.11. The minimum Gasteiger partial charge on any atom is -0.397 e. The number of pyridine rings is 1. The van der Waals surface area contributed by atoms with Gasteiger partial charge < -0.3 is 15.4 Å². The van der Waals surface area contributed by atoms with Crippen LogP contribution < -0.4 is 10.6 Å². The second-order valence-corrected chi connectivity index (χ2v) is 5.90. The van der Waals surface area contributed by atoms with E-state index in [4.69, 9.17) is 22.1 Å². The molecule has 0 amide bonds. The molecule has 2 atom stereocenters. The maximum atomic E-state index is 13.6. The van der Waals surface area contributed by atoms with Crippen LogP contribution in [0.5, 0.6) is 0 Å². The van der Waals surface area contributed by atoms with Gasteiger partial charge in [-0.2, -0.15) is 4.39 Å². The van der Waals surface area contributed by atoms with Crippen molar-refractivity contribution in [1.82, 2.24) is 9.88 Å². The molecule has 0 radical (unpaired) electrons. The van der Waals surface area contributed by atoms with E-state index in [9.17, 15) is 4.39 Å². The van der Waals surface area contributed by atoms with Crippen molar-refractivity contribution in [3.8, 4) is 0 Å². The molecule has 2 heterocycles. The molecule has 1 fully saturated rings. The summed E-state index contributed by atoms with van der Waals surface area (Å²) in [6.07, 6.45) is 0.200. The van der Waals surface area contributed by atoms with E-state index in [-0.39, 0.29) is 22.9 Å². The van der Waals surface area contributed by atoms with Crippen LogP contribution in [0.2, 0.25) is 5.02 Å². The van der Waals surface area contributed by atoms with Gasteiger partial charge in [0.25, 0.3) is 0 Å². The van der Waals surface area contributed by atoms with E-state index in [1.54, 1.807) is 13.2 Å². The first-order valence-corrected chi connectivity index (χ1v) is 7.43. The zero-order chi connectivity index (χ0) is 15.6. The third-order valence-electron chi connectivity index (χ3n) is 3.86. The summed E-state index contributed by atoms with van der Waals surface area (Å²) in [5, 5.41) is -0.112. The minimum atomic E-state index is -0.714. The number of nitrogens with zero attached hydrogens (tertiary/aromatic N) is 3. The van der Waals surface area contributed by atoms with Crippen molar-refractivity contribution in [3.05, 3.63) is 17.0 Å². The molecule has 0 aromatic carbocycles. The number of anilines is 2. The lowest BCUT2D eigenvalue weighted by Crippen LogP contribution is -2.53. The van der Waals surface area contributed by atoms with Crippen LogP contribution in [-0.4, -0.2) is 55.3 Å². The van der Waals surface area contributed by atoms with Crippen molar-refractivity contribution in [1.29, 1.82) is 0 Å². The lowest BCUT2D eigenvalue weighted by atomic mass is 10.1. The van der Waals surface area contributed by atoms with E-state index in [1.165, 1.54) is 0 Å². The van der Waals surface area contributed by atoms with E-state index < -0.39 is 5.95 Å². The second-order valence-electron chi connectivity index (χ2n) is 5.52. The summed E-state index contributed by atoms with van der Waals surface area (Å²) in [5.41, 5.74) is 5.94. The lowest BCUT2D eigenvalue weighted by molar-refractivity contribution is 0.0705. The van der Waals surface area contributed by atoms with Gasteiger partial charge in [-0.1, -0.05) is 11.6 Å². The fraction of sp³-hybridized carbons (Fsp3) is 0.643. The molecule has 118 valence electrons. The Kier molecular flexibility index (Phi) is 5.24. The number of methoxy groups -OCH3 is 1. The third kappa shape index (κ3) is 3.75. The van der Waals surface area contributed by atoms with Crippen molar-refractivity contribution in [2.75, 3.05) is 43.9 Å². The average molecular weight is 317 g/mol. The topological polar surface area (TPSA) is 54.6 Å². The van der Waals surface area contributed by atoms with Crippen molar-refractivity contribution in [2.45, 2.75) is 26.0 Å². The molecule has 21 heavy (non-hydrogen) atoms. The van der Waals surface area contributed by atoms with Crippen LogP contribution in [0.25, 0.3) is 0 Å². The molecule has 0 saturated carbocycles. The van der Waals surface area contributed by atoms with Crippen LogP contribution in [0, 0.1) is 5.95 Å². The zero-order valence-corrected chi connectivity index (χ0v) is 13.4. The van der Waals surface area contributed by atoms with E-state index >= 15 is 0 Å². The van der Waals surface area contributed by atoms with Gasteiger partial charge in [0.05, 0.1) is 11.8 Å². The third-order valence-corrected chi connectivity index (χ3v) is 4.23. The molecule has 0 bridgehead atoms. The molecule has 2 N–H and O–H groups in total. The molecule has 2 rings (SSSR count). The average Bonchev–Trinajstić information content (AvgIpc) is 2.44. The fourth-order valence-corrected chi connectivity index (χ4v) is 2.72. The van der Waals surface area contributed by atoms with E-state index in [1.807, 2.05) is 6.92 Å². The van der Waals surface area contributed by atoms with Crippen molar-refractivity contribution < 1.29 is 9.13 Å². The van der Waals surface area contributed by atoms with Crippen LogP contribution in [-0.2, 0) is 4.74 Å². The van der Waals surface area contributed by atoms with Crippen LogP contribution in [0.3, 0.4) is 0 Å². The van der Waals surface area contributed by atoms with Gasteiger partial charge in [-0.15, -0.1) is 0 Å². The van der Waals surface area contributed by atoms with Gasteiger partial charge in [0, 0.05) is 45.4 Å². The molecule has 1 saturated heterocycles. The van der Waals surface area contributed by atoms with Gasteiger partial charge in [0.1, 0.15) is 10.8 Å². The summed E-state index contributed by atoms with van der Waals surface area (Å²) in [4.78, 5) is 8.31. The maximum absolute atomic E-state index is 13.6. The van der Waals surface area contributed by atoms with Crippen molar-refractivity contribution in [3.63, 3.8) is 0 Å². The molecular weight excluding hydrogens is 295 g/mol. The first-order valence-electron chi connectivity index (χ1n) is 7.05. The van der Waals surface area contributed by atoms with Gasteiger partial charge in [-0.25, -0.2) is 4.98 Å². The lowest BCUT2D eigenvalue weighted by Gasteiger charge is -2.41. The van der Waals surface area contributed by atoms with Crippen LogP contribution in [0.1, 0.15) is 13.8 Å². The maximum Gasteiger partial charge on any atom is 0.235 e. The molecule has 5 nitrogen and oxygen atoms in total. The summed E-state index contributed by atoms with van der Waals surface area (Å²) < 4.78 is 18.9. The highest BCUT2D eigenvalue weighted by atomic mass is 35.5. The predicted molar refractivity (Wildman–Crippen MR) is 83.3 cm³/mol. The van der Waals surface area contributed by atoms with Gasteiger partial charge in [0.15, 0.2) is 0 Å². The van der Waals surface area contributed by atoms with Gasteiger partial charge in [-0.3, -0.25) is 4.90 Å². The summed E-state index contributed by atoms with van der Waals surface area (Å²) in [6.45, 7) is 7.55. The highest BCUT2D eigenvalue weighted by Gasteiger charge is 2.26. The van der Waals surface area contributed by atoms with E-state index in [0.717, 1.165) is 26.2 Å². The Labute approximate surface area is 129 Å².